The molecular weight excluding hydrogens is 416 g/mol. The Morgan fingerprint density at radius 1 is 0.821 bits per heavy atom. The second kappa shape index (κ2) is 11.2. The third-order valence-corrected chi connectivity index (χ3v) is 4.35. The van der Waals surface area contributed by atoms with Crippen LogP contribution in [-0.4, -0.2) is 71.8 Å². The van der Waals surface area contributed by atoms with E-state index in [1.807, 2.05) is 0 Å². The number of ether oxygens (including phenoxy) is 6. The molecule has 1 rings (SSSR count). The minimum absolute atomic E-state index is 0.0703. The van der Waals surface area contributed by atoms with E-state index in [1.54, 1.807) is 6.26 Å². The lowest BCUT2D eigenvalue weighted by molar-refractivity contribution is -0.290. The van der Waals surface area contributed by atoms with Gasteiger partial charge in [0.05, 0.1) is 0 Å². The van der Waals surface area contributed by atoms with Crippen molar-refractivity contribution < 1.29 is 47.6 Å². The molecule has 1 aliphatic heterocycles. The maximum Gasteiger partial charge on any atom is 0.303 e. The highest BCUT2D eigenvalue weighted by molar-refractivity contribution is 8.22. The van der Waals surface area contributed by atoms with Crippen molar-refractivity contribution >= 4 is 52.2 Å². The molecule has 0 aromatic heterocycles. The first-order valence-electron chi connectivity index (χ1n) is 8.10. The van der Waals surface area contributed by atoms with E-state index in [9.17, 15) is 19.2 Å². The van der Waals surface area contributed by atoms with Gasteiger partial charge in [-0.2, -0.15) is 0 Å². The molecule has 10 nitrogen and oxygen atoms in total. The number of rotatable bonds is 6. The van der Waals surface area contributed by atoms with Gasteiger partial charge >= 0.3 is 23.9 Å². The van der Waals surface area contributed by atoms with E-state index in [2.05, 4.69) is 0 Å². The van der Waals surface area contributed by atoms with Crippen molar-refractivity contribution in [2.45, 2.75) is 58.4 Å². The second-order valence-corrected chi connectivity index (χ2v) is 7.05. The van der Waals surface area contributed by atoms with Gasteiger partial charge in [-0.05, 0) is 18.5 Å². The number of carbonyl (C=O) groups is 4. The maximum atomic E-state index is 11.6. The summed E-state index contributed by atoms with van der Waals surface area (Å²) >= 11 is 6.11. The second-order valence-electron chi connectivity index (χ2n) is 5.64. The Labute approximate surface area is 171 Å². The molecule has 0 radical (unpaired) electrons. The van der Waals surface area contributed by atoms with Gasteiger partial charge < -0.3 is 28.4 Å². The Morgan fingerprint density at radius 3 is 1.79 bits per heavy atom. The van der Waals surface area contributed by atoms with E-state index < -0.39 is 54.6 Å². The van der Waals surface area contributed by atoms with Crippen LogP contribution in [0.4, 0.5) is 0 Å². The molecule has 0 aromatic rings. The number of hydrogen-bond acceptors (Lipinski definition) is 12. The van der Waals surface area contributed by atoms with E-state index in [4.69, 9.17) is 40.6 Å². The maximum absolute atomic E-state index is 11.6. The molecule has 28 heavy (non-hydrogen) atoms. The molecule has 0 bridgehead atoms. The summed E-state index contributed by atoms with van der Waals surface area (Å²) < 4.78 is 31.9. The minimum atomic E-state index is -1.29. The van der Waals surface area contributed by atoms with Crippen molar-refractivity contribution in [3.05, 3.63) is 0 Å². The van der Waals surface area contributed by atoms with E-state index in [0.717, 1.165) is 32.5 Å². The zero-order valence-corrected chi connectivity index (χ0v) is 17.6. The van der Waals surface area contributed by atoms with Crippen molar-refractivity contribution in [2.24, 2.45) is 0 Å². The quantitative estimate of drug-likeness (QED) is 0.330. The van der Waals surface area contributed by atoms with Crippen molar-refractivity contribution in [2.75, 3.05) is 12.9 Å². The summed E-state index contributed by atoms with van der Waals surface area (Å²) in [6, 6.07) is 0. The van der Waals surface area contributed by atoms with Gasteiger partial charge in [0.2, 0.25) is 16.8 Å². The molecule has 1 heterocycles. The highest BCUT2D eigenvalue weighted by Crippen LogP contribution is 2.30. The van der Waals surface area contributed by atoms with Gasteiger partial charge in [0.15, 0.2) is 12.2 Å². The van der Waals surface area contributed by atoms with Gasteiger partial charge in [0.1, 0.15) is 12.7 Å². The molecule has 0 aliphatic carbocycles. The van der Waals surface area contributed by atoms with Crippen LogP contribution in [-0.2, 0) is 47.6 Å². The molecule has 0 saturated carbocycles. The van der Waals surface area contributed by atoms with Gasteiger partial charge in [-0.3, -0.25) is 19.2 Å². The van der Waals surface area contributed by atoms with Crippen LogP contribution in [0.3, 0.4) is 0 Å². The first kappa shape index (κ1) is 24.1. The number of hydrogen-bond donors (Lipinski definition) is 0. The predicted molar refractivity (Wildman–Crippen MR) is 99.2 cm³/mol. The lowest BCUT2D eigenvalue weighted by atomic mass is 9.98. The van der Waals surface area contributed by atoms with Crippen molar-refractivity contribution in [1.29, 1.82) is 0 Å². The molecule has 1 unspecified atom stereocenters. The Balaban J connectivity index is 3.30. The number of carbonyl (C=O) groups excluding carboxylic acids is 4. The van der Waals surface area contributed by atoms with Gasteiger partial charge in [-0.1, -0.05) is 11.8 Å². The molecule has 0 spiro atoms. The monoisotopic (exact) mass is 438 g/mol. The average molecular weight is 438 g/mol. The molecule has 12 heteroatoms. The summed E-state index contributed by atoms with van der Waals surface area (Å²) in [7, 11) is 0. The summed E-state index contributed by atoms with van der Waals surface area (Å²) in [5, 5.41) is 0. The first-order valence-corrected chi connectivity index (χ1v) is 9.73. The largest absolute Gasteiger partial charge is 0.463 e. The summed E-state index contributed by atoms with van der Waals surface area (Å²) in [6.45, 7) is 4.27. The third kappa shape index (κ3) is 7.60. The molecule has 1 saturated heterocycles. The Kier molecular flexibility index (Phi) is 9.62. The van der Waals surface area contributed by atoms with Crippen LogP contribution in [0, 0.1) is 0 Å². The molecule has 5 atom stereocenters. The molecule has 158 valence electrons. The smallest absolute Gasteiger partial charge is 0.303 e. The molecule has 0 amide bonds. The van der Waals surface area contributed by atoms with Crippen LogP contribution >= 0.6 is 24.0 Å². The van der Waals surface area contributed by atoms with Crippen LogP contribution in [0.1, 0.15) is 27.7 Å². The average Bonchev–Trinajstić information content (AvgIpc) is 2.57. The van der Waals surface area contributed by atoms with Crippen LogP contribution in [0.5, 0.6) is 0 Å². The lowest BCUT2D eigenvalue weighted by Gasteiger charge is -2.43. The molecule has 1 fully saturated rings. The SMILES string of the molecule is CSC(=S)OC1O[C@H](COC(C)=O)[C@@H](OC(C)=O)[C@H](OC(C)=O)[C@H]1OC(C)=O. The topological polar surface area (TPSA) is 124 Å². The zero-order valence-electron chi connectivity index (χ0n) is 16.0. The third-order valence-electron chi connectivity index (χ3n) is 3.33. The fourth-order valence-electron chi connectivity index (χ4n) is 2.43. The van der Waals surface area contributed by atoms with Gasteiger partial charge in [-0.25, -0.2) is 0 Å². The number of thiocarbonyl (C=S) groups is 1. The fourth-order valence-corrected chi connectivity index (χ4v) is 2.71. The molecular formula is C16H22O10S2. The van der Waals surface area contributed by atoms with Crippen LogP contribution < -0.4 is 0 Å². The highest BCUT2D eigenvalue weighted by atomic mass is 32.2. The van der Waals surface area contributed by atoms with Crippen molar-refractivity contribution in [1.82, 2.24) is 0 Å². The Morgan fingerprint density at radius 2 is 1.32 bits per heavy atom. The Bertz CT molecular complexity index is 623. The van der Waals surface area contributed by atoms with Gasteiger partial charge in [0.25, 0.3) is 0 Å². The highest BCUT2D eigenvalue weighted by Gasteiger charge is 2.53. The predicted octanol–water partition coefficient (Wildman–Crippen LogP) is 0.734. The summed E-state index contributed by atoms with van der Waals surface area (Å²) in [4.78, 5) is 46.0. The number of esters is 4. The van der Waals surface area contributed by atoms with Crippen molar-refractivity contribution in [3.8, 4) is 0 Å². The normalized spacial score (nSPS) is 26.5. The zero-order chi connectivity index (χ0) is 21.4. The molecule has 1 aliphatic rings. The summed E-state index contributed by atoms with van der Waals surface area (Å²) in [6.07, 6.45) is -4.50. The van der Waals surface area contributed by atoms with Crippen LogP contribution in [0.25, 0.3) is 0 Å². The van der Waals surface area contributed by atoms with E-state index >= 15 is 0 Å². The number of thioether (sulfide) groups is 1. The van der Waals surface area contributed by atoms with Crippen LogP contribution in [0.2, 0.25) is 0 Å². The van der Waals surface area contributed by atoms with Gasteiger partial charge in [0, 0.05) is 27.7 Å². The minimum Gasteiger partial charge on any atom is -0.463 e. The molecule has 0 N–H and O–H groups in total. The van der Waals surface area contributed by atoms with E-state index in [-0.39, 0.29) is 11.0 Å². The summed E-state index contributed by atoms with van der Waals surface area (Å²) in [5.74, 6) is -2.75. The van der Waals surface area contributed by atoms with Gasteiger partial charge in [-0.15, -0.1) is 0 Å². The summed E-state index contributed by atoms with van der Waals surface area (Å²) in [5.41, 5.74) is 0. The van der Waals surface area contributed by atoms with E-state index in [1.165, 1.54) is 6.92 Å². The van der Waals surface area contributed by atoms with Crippen molar-refractivity contribution in [3.63, 3.8) is 0 Å². The fraction of sp³-hybridized carbons (Fsp3) is 0.688. The lowest BCUT2D eigenvalue weighted by Crippen LogP contribution is -2.63. The Hall–Kier alpha value is -1.92. The first-order chi connectivity index (χ1) is 13.0. The van der Waals surface area contributed by atoms with E-state index in [0.29, 0.717) is 0 Å². The van der Waals surface area contributed by atoms with Crippen LogP contribution in [0.15, 0.2) is 0 Å². The standard InChI is InChI=1S/C16H22O10S2/c1-7(17)21-6-11-12(22-8(2)18)13(23-9(3)19)14(24-10(4)20)15(25-11)26-16(27)28-5/h11-15H,6H2,1-5H3/t11-,12-,13+,14-,15?/m1/s1. The molecule has 0 aromatic carbocycles.